The van der Waals surface area contributed by atoms with Crippen molar-refractivity contribution in [3.63, 3.8) is 0 Å². The fraction of sp³-hybridized carbons (Fsp3) is 0.500. The number of amides is 2. The molecule has 1 heterocycles. The first kappa shape index (κ1) is 38.3. The van der Waals surface area contributed by atoms with Gasteiger partial charge in [-0.05, 0) is 50.5 Å². The molecule has 2 aromatic carbocycles. The van der Waals surface area contributed by atoms with Gasteiger partial charge >= 0.3 is 0 Å². The molecule has 0 atom stereocenters. The largest absolute Gasteiger partial charge is 1.00 e. The average Bonchev–Trinajstić information content (AvgIpc) is 3.00. The Morgan fingerprint density at radius 1 is 0.932 bits per heavy atom. The van der Waals surface area contributed by atoms with Crippen molar-refractivity contribution >= 4 is 58.9 Å². The van der Waals surface area contributed by atoms with Gasteiger partial charge in [-0.15, -0.1) is 0 Å². The van der Waals surface area contributed by atoms with Crippen molar-refractivity contribution in [2.75, 3.05) is 43.1 Å². The van der Waals surface area contributed by atoms with Crippen molar-refractivity contribution < 1.29 is 31.3 Å². The maximum Gasteiger partial charge on any atom is 0.257 e. The first-order valence-electron chi connectivity index (χ1n) is 15.5. The van der Waals surface area contributed by atoms with Gasteiger partial charge in [0, 0.05) is 36.0 Å². The number of hydrogen-bond acceptors (Lipinski definition) is 4. The van der Waals surface area contributed by atoms with Gasteiger partial charge in [0.25, 0.3) is 5.91 Å². The predicted molar refractivity (Wildman–Crippen MR) is 185 cm³/mol. The third-order valence-electron chi connectivity index (χ3n) is 7.97. The number of likely N-dealkylation sites (N-methyl/N-ethyl adjacent to an activating group) is 1. The summed E-state index contributed by atoms with van der Waals surface area (Å²) >= 11 is 13.3. The van der Waals surface area contributed by atoms with Gasteiger partial charge in [-0.2, -0.15) is 0 Å². The molecule has 3 aromatic rings. The Bertz CT molecular complexity index is 1370. The Morgan fingerprint density at radius 2 is 1.57 bits per heavy atom. The van der Waals surface area contributed by atoms with Crippen LogP contribution < -0.4 is 31.9 Å². The van der Waals surface area contributed by atoms with Gasteiger partial charge in [0.05, 0.1) is 35.7 Å². The number of nitrogens with one attached hydrogen (secondary N) is 1. The van der Waals surface area contributed by atoms with E-state index in [2.05, 4.69) is 31.1 Å². The molecule has 1 aromatic heterocycles. The third kappa shape index (κ3) is 10.6. The standard InChI is InChI=1S/C34H46Cl2N3O3P.BrH/c1-6-9-19-43(20-10-7-2,21-11-8-3)24-31(40)37-22-32(41)39(5)29-18-17-28(35)27(33(29)36)23-42-30-14-12-13-26-16-15-25(4)38-34(26)30;/h12-18H,6-11,19-24H2,1-5H3;1H. The summed E-state index contributed by atoms with van der Waals surface area (Å²) in [6.07, 6.45) is 10.9. The molecule has 0 saturated heterocycles. The number of aromatic nitrogens is 1. The number of fused-ring (bicyclic) bond motifs is 1. The Hall–Kier alpha value is -1.92. The lowest BCUT2D eigenvalue weighted by molar-refractivity contribution is -0.123. The number of nitrogens with zero attached hydrogens (tertiary/aromatic N) is 2. The summed E-state index contributed by atoms with van der Waals surface area (Å²) in [5.74, 6) is 0.355. The molecule has 0 bridgehead atoms. The normalized spacial score (nSPS) is 11.2. The number of unbranched alkanes of at least 4 members (excludes halogenated alkanes) is 3. The second-order valence-corrected chi connectivity index (χ2v) is 16.5. The summed E-state index contributed by atoms with van der Waals surface area (Å²) < 4.78 is 6.14. The molecule has 3 rings (SSSR count). The molecule has 242 valence electrons. The van der Waals surface area contributed by atoms with E-state index in [1.54, 1.807) is 19.2 Å². The van der Waals surface area contributed by atoms with Gasteiger partial charge in [-0.3, -0.25) is 9.59 Å². The number of para-hydroxylation sites is 1. The summed E-state index contributed by atoms with van der Waals surface area (Å²) in [6.45, 7) is 8.60. The Balaban J connectivity index is 0.00000675. The molecule has 0 fully saturated rings. The third-order valence-corrected chi connectivity index (χ3v) is 13.5. The van der Waals surface area contributed by atoms with Crippen LogP contribution in [0, 0.1) is 6.92 Å². The summed E-state index contributed by atoms with van der Waals surface area (Å²) in [7, 11) is 0.253. The molecule has 2 amide bonds. The molecule has 1 N–H and O–H groups in total. The van der Waals surface area contributed by atoms with Gasteiger partial charge in [0.15, 0.2) is 0 Å². The van der Waals surface area contributed by atoms with Crippen LogP contribution in [0.4, 0.5) is 5.69 Å². The highest BCUT2D eigenvalue weighted by molar-refractivity contribution is 7.76. The van der Waals surface area contributed by atoms with Gasteiger partial charge in [0.2, 0.25) is 5.91 Å². The van der Waals surface area contributed by atoms with Crippen LogP contribution >= 0.6 is 30.5 Å². The number of benzene rings is 2. The first-order valence-corrected chi connectivity index (χ1v) is 18.8. The highest BCUT2D eigenvalue weighted by Gasteiger charge is 2.38. The van der Waals surface area contributed by atoms with E-state index in [4.69, 9.17) is 27.9 Å². The van der Waals surface area contributed by atoms with E-state index < -0.39 is 7.26 Å². The summed E-state index contributed by atoms with van der Waals surface area (Å²) in [6, 6.07) is 13.2. The van der Waals surface area contributed by atoms with Crippen LogP contribution in [-0.4, -0.2) is 55.0 Å². The van der Waals surface area contributed by atoms with Gasteiger partial charge < -0.3 is 31.9 Å². The molecule has 0 saturated carbocycles. The topological polar surface area (TPSA) is 71.5 Å². The number of carbonyl (C=O) groups excluding carboxylic acids is 2. The van der Waals surface area contributed by atoms with Crippen molar-refractivity contribution in [3.8, 4) is 5.75 Å². The number of pyridine rings is 1. The van der Waals surface area contributed by atoms with Crippen LogP contribution in [0.25, 0.3) is 10.9 Å². The SMILES string of the molecule is CCCC[P+](CCCC)(CCCC)CC(=O)NCC(=O)N(C)c1ccc(Cl)c(COc2cccc3ccc(C)nc23)c1Cl.[Br-]. The number of carbonyl (C=O) groups is 2. The van der Waals surface area contributed by atoms with E-state index in [0.29, 0.717) is 33.2 Å². The number of anilines is 1. The Kier molecular flexibility index (Phi) is 16.4. The molecular weight excluding hydrogens is 680 g/mol. The monoisotopic (exact) mass is 725 g/mol. The van der Waals surface area contributed by atoms with E-state index in [1.165, 1.54) is 4.90 Å². The summed E-state index contributed by atoms with van der Waals surface area (Å²) in [4.78, 5) is 32.5. The number of halogens is 3. The van der Waals surface area contributed by atoms with Crippen molar-refractivity contribution in [3.05, 3.63) is 63.8 Å². The van der Waals surface area contributed by atoms with E-state index in [9.17, 15) is 9.59 Å². The molecule has 0 unspecified atom stereocenters. The number of aryl methyl sites for hydroxylation is 1. The van der Waals surface area contributed by atoms with E-state index in [0.717, 1.165) is 73.6 Å². The predicted octanol–water partition coefficient (Wildman–Crippen LogP) is 5.93. The number of rotatable bonds is 17. The minimum absolute atomic E-state index is 0. The summed E-state index contributed by atoms with van der Waals surface area (Å²) in [5.41, 5.74) is 2.74. The number of ether oxygens (including phenoxy) is 1. The van der Waals surface area contributed by atoms with Crippen LogP contribution in [0.2, 0.25) is 10.0 Å². The molecule has 0 spiro atoms. The van der Waals surface area contributed by atoms with Crippen molar-refractivity contribution in [1.29, 1.82) is 0 Å². The lowest BCUT2D eigenvalue weighted by atomic mass is 10.1. The lowest BCUT2D eigenvalue weighted by Crippen LogP contribution is -3.00. The van der Waals surface area contributed by atoms with Gasteiger partial charge in [-0.25, -0.2) is 4.98 Å². The minimum Gasteiger partial charge on any atom is -1.00 e. The molecule has 6 nitrogen and oxygen atoms in total. The van der Waals surface area contributed by atoms with E-state index in [1.807, 2.05) is 37.3 Å². The first-order chi connectivity index (χ1) is 20.6. The van der Waals surface area contributed by atoms with Crippen molar-refractivity contribution in [2.45, 2.75) is 72.8 Å². The van der Waals surface area contributed by atoms with Crippen LogP contribution in [0.5, 0.6) is 5.75 Å². The van der Waals surface area contributed by atoms with Gasteiger partial charge in [-0.1, -0.05) is 81.4 Å². The van der Waals surface area contributed by atoms with Crippen LogP contribution in [-0.2, 0) is 16.2 Å². The van der Waals surface area contributed by atoms with Crippen molar-refractivity contribution in [1.82, 2.24) is 10.3 Å². The molecule has 44 heavy (non-hydrogen) atoms. The quantitative estimate of drug-likeness (QED) is 0.175. The van der Waals surface area contributed by atoms with Gasteiger partial charge in [0.1, 0.15) is 24.0 Å². The lowest BCUT2D eigenvalue weighted by Gasteiger charge is -2.27. The second-order valence-electron chi connectivity index (χ2n) is 11.4. The maximum absolute atomic E-state index is 13.2. The van der Waals surface area contributed by atoms with Crippen LogP contribution in [0.3, 0.4) is 0 Å². The smallest absolute Gasteiger partial charge is 0.257 e. The zero-order valence-corrected chi connectivity index (χ0v) is 30.7. The zero-order valence-electron chi connectivity index (χ0n) is 26.7. The average molecular weight is 728 g/mol. The van der Waals surface area contributed by atoms with E-state index >= 15 is 0 Å². The number of hydrogen-bond donors (Lipinski definition) is 1. The molecule has 0 aliphatic rings. The molecule has 0 aliphatic carbocycles. The van der Waals surface area contributed by atoms with Crippen molar-refractivity contribution in [2.24, 2.45) is 0 Å². The fourth-order valence-electron chi connectivity index (χ4n) is 5.30. The zero-order chi connectivity index (χ0) is 31.4. The maximum atomic E-state index is 13.2. The molecular formula is C34H47BrCl2N3O3P. The summed E-state index contributed by atoms with van der Waals surface area (Å²) in [5, 5.41) is 4.68. The van der Waals surface area contributed by atoms with Crippen LogP contribution in [0.1, 0.15) is 70.6 Å². The second kappa shape index (κ2) is 18.9. The molecule has 10 heteroatoms. The molecule has 0 radical (unpaired) electrons. The Labute approximate surface area is 284 Å². The Morgan fingerprint density at radius 3 is 2.18 bits per heavy atom. The highest BCUT2D eigenvalue weighted by atomic mass is 79.9. The van der Waals surface area contributed by atoms with E-state index in [-0.39, 0.29) is 41.9 Å². The van der Waals surface area contributed by atoms with Crippen LogP contribution in [0.15, 0.2) is 42.5 Å². The fourth-order valence-corrected chi connectivity index (χ4v) is 10.7. The molecule has 0 aliphatic heterocycles. The highest BCUT2D eigenvalue weighted by Crippen LogP contribution is 2.60. The minimum atomic E-state index is -1.41.